The molecule has 17 heavy (non-hydrogen) atoms. The number of hydrogen-bond donors (Lipinski definition) is 1. The van der Waals surface area contributed by atoms with Crippen LogP contribution in [0.3, 0.4) is 0 Å². The maximum absolute atomic E-state index is 11.7. The fraction of sp³-hybridized carbons (Fsp3) is 0.462. The van der Waals surface area contributed by atoms with E-state index in [2.05, 4.69) is 21.2 Å². The highest BCUT2D eigenvalue weighted by molar-refractivity contribution is 9.10. The lowest BCUT2D eigenvalue weighted by Gasteiger charge is -2.17. The lowest BCUT2D eigenvalue weighted by molar-refractivity contribution is -0.128. The molecule has 94 valence electrons. The molecule has 0 bridgehead atoms. The summed E-state index contributed by atoms with van der Waals surface area (Å²) in [6.07, 6.45) is 0. The summed E-state index contributed by atoms with van der Waals surface area (Å²) in [7, 11) is 1.63. The molecule has 0 aromatic heterocycles. The smallest absolute Gasteiger partial charge is 0.225 e. The maximum Gasteiger partial charge on any atom is 0.225 e. The van der Waals surface area contributed by atoms with E-state index in [0.717, 1.165) is 15.8 Å². The molecule has 4 heteroatoms. The van der Waals surface area contributed by atoms with Crippen LogP contribution in [0.1, 0.15) is 26.3 Å². The molecule has 3 nitrogen and oxygen atoms in total. The van der Waals surface area contributed by atoms with Crippen molar-refractivity contribution in [2.75, 3.05) is 7.11 Å². The summed E-state index contributed by atoms with van der Waals surface area (Å²) in [6.45, 7) is 6.21. The van der Waals surface area contributed by atoms with Gasteiger partial charge in [-0.1, -0.05) is 26.8 Å². The van der Waals surface area contributed by atoms with Crippen molar-refractivity contribution < 1.29 is 9.53 Å². The maximum atomic E-state index is 11.7. The van der Waals surface area contributed by atoms with Crippen LogP contribution in [0.25, 0.3) is 0 Å². The Hall–Kier alpha value is -1.03. The van der Waals surface area contributed by atoms with Gasteiger partial charge in [0.2, 0.25) is 5.91 Å². The largest absolute Gasteiger partial charge is 0.496 e. The van der Waals surface area contributed by atoms with E-state index in [-0.39, 0.29) is 11.3 Å². The highest BCUT2D eigenvalue weighted by Gasteiger charge is 2.20. The van der Waals surface area contributed by atoms with Crippen molar-refractivity contribution >= 4 is 21.8 Å². The highest BCUT2D eigenvalue weighted by Crippen LogP contribution is 2.25. The molecular weight excluding hydrogens is 282 g/mol. The third-order valence-corrected chi connectivity index (χ3v) is 2.97. The fourth-order valence-corrected chi connectivity index (χ4v) is 1.86. The first-order valence-corrected chi connectivity index (χ1v) is 6.24. The van der Waals surface area contributed by atoms with Gasteiger partial charge in [-0.3, -0.25) is 4.79 Å². The zero-order valence-electron chi connectivity index (χ0n) is 10.6. The Morgan fingerprint density at radius 2 is 2.06 bits per heavy atom. The lowest BCUT2D eigenvalue weighted by atomic mass is 9.95. The van der Waals surface area contributed by atoms with Crippen LogP contribution in [0.15, 0.2) is 22.7 Å². The molecule has 0 aliphatic heterocycles. The van der Waals surface area contributed by atoms with E-state index in [1.54, 1.807) is 7.11 Å². The van der Waals surface area contributed by atoms with Gasteiger partial charge in [0.15, 0.2) is 0 Å². The second kappa shape index (κ2) is 5.54. The summed E-state index contributed by atoms with van der Waals surface area (Å²) in [4.78, 5) is 11.7. The normalized spacial score (nSPS) is 11.1. The molecular formula is C13H18BrNO2. The first-order valence-electron chi connectivity index (χ1n) is 5.45. The number of rotatable bonds is 3. The quantitative estimate of drug-likeness (QED) is 0.931. The number of halogens is 1. The van der Waals surface area contributed by atoms with Crippen molar-refractivity contribution in [3.63, 3.8) is 0 Å². The molecule has 1 aromatic rings. The number of nitrogens with one attached hydrogen (secondary N) is 1. The Balaban J connectivity index is 2.65. The standard InChI is InChI=1S/C13H18BrNO2/c1-13(2,3)12(16)15-8-9-5-6-11(17-4)10(14)7-9/h5-7H,8H2,1-4H3,(H,15,16). The lowest BCUT2D eigenvalue weighted by Crippen LogP contribution is -2.34. The third-order valence-electron chi connectivity index (χ3n) is 2.35. The van der Waals surface area contributed by atoms with Crippen molar-refractivity contribution in [1.82, 2.24) is 5.32 Å². The minimum atomic E-state index is -0.357. The highest BCUT2D eigenvalue weighted by atomic mass is 79.9. The topological polar surface area (TPSA) is 38.3 Å². The third kappa shape index (κ3) is 4.04. The van der Waals surface area contributed by atoms with E-state index >= 15 is 0 Å². The minimum absolute atomic E-state index is 0.0458. The van der Waals surface area contributed by atoms with Crippen LogP contribution in [0, 0.1) is 5.41 Å². The van der Waals surface area contributed by atoms with Gasteiger partial charge in [0, 0.05) is 12.0 Å². The van der Waals surface area contributed by atoms with E-state index in [1.807, 2.05) is 39.0 Å². The van der Waals surface area contributed by atoms with Crippen LogP contribution in [0.5, 0.6) is 5.75 Å². The second-order valence-corrected chi connectivity index (χ2v) is 5.76. The summed E-state index contributed by atoms with van der Waals surface area (Å²) >= 11 is 3.42. The van der Waals surface area contributed by atoms with Crippen LogP contribution in [-0.2, 0) is 11.3 Å². The van der Waals surface area contributed by atoms with E-state index in [9.17, 15) is 4.79 Å². The molecule has 0 heterocycles. The van der Waals surface area contributed by atoms with Crippen molar-refractivity contribution in [3.8, 4) is 5.75 Å². The zero-order chi connectivity index (χ0) is 13.1. The van der Waals surface area contributed by atoms with E-state index in [0.29, 0.717) is 6.54 Å². The first kappa shape index (κ1) is 14.0. The molecule has 0 radical (unpaired) electrons. The Bertz CT molecular complexity index is 410. The summed E-state index contributed by atoms with van der Waals surface area (Å²) in [5, 5.41) is 2.90. The van der Waals surface area contributed by atoms with Crippen LogP contribution in [0.2, 0.25) is 0 Å². The van der Waals surface area contributed by atoms with Crippen LogP contribution < -0.4 is 10.1 Å². The molecule has 0 aliphatic rings. The Labute approximate surface area is 111 Å². The van der Waals surface area contributed by atoms with Gasteiger partial charge in [-0.25, -0.2) is 0 Å². The molecule has 0 fully saturated rings. The summed E-state index contributed by atoms with van der Waals surface area (Å²) in [6, 6.07) is 5.76. The van der Waals surface area contributed by atoms with E-state index in [4.69, 9.17) is 4.74 Å². The van der Waals surface area contributed by atoms with Gasteiger partial charge in [-0.05, 0) is 33.6 Å². The molecule has 1 N–H and O–H groups in total. The number of hydrogen-bond acceptors (Lipinski definition) is 2. The monoisotopic (exact) mass is 299 g/mol. The van der Waals surface area contributed by atoms with E-state index in [1.165, 1.54) is 0 Å². The van der Waals surface area contributed by atoms with Crippen LogP contribution in [-0.4, -0.2) is 13.0 Å². The van der Waals surface area contributed by atoms with Gasteiger partial charge in [-0.15, -0.1) is 0 Å². The predicted octanol–water partition coefficient (Wildman–Crippen LogP) is 3.12. The fourth-order valence-electron chi connectivity index (χ4n) is 1.27. The van der Waals surface area contributed by atoms with Crippen molar-refractivity contribution in [3.05, 3.63) is 28.2 Å². The second-order valence-electron chi connectivity index (χ2n) is 4.90. The molecule has 0 atom stereocenters. The average Bonchev–Trinajstić information content (AvgIpc) is 2.24. The van der Waals surface area contributed by atoms with Gasteiger partial charge in [0.05, 0.1) is 11.6 Å². The molecule has 0 spiro atoms. The molecule has 1 rings (SSSR count). The number of benzene rings is 1. The van der Waals surface area contributed by atoms with Gasteiger partial charge in [-0.2, -0.15) is 0 Å². The number of methoxy groups -OCH3 is 1. The summed E-state index contributed by atoms with van der Waals surface area (Å²) in [5.41, 5.74) is 0.680. The average molecular weight is 300 g/mol. The molecule has 0 saturated carbocycles. The molecule has 1 aromatic carbocycles. The van der Waals surface area contributed by atoms with Crippen LogP contribution in [0.4, 0.5) is 0 Å². The predicted molar refractivity (Wildman–Crippen MR) is 72.0 cm³/mol. The summed E-state index contributed by atoms with van der Waals surface area (Å²) in [5.74, 6) is 0.834. The Morgan fingerprint density at radius 3 is 2.53 bits per heavy atom. The van der Waals surface area contributed by atoms with Gasteiger partial charge >= 0.3 is 0 Å². The van der Waals surface area contributed by atoms with Crippen LogP contribution >= 0.6 is 15.9 Å². The molecule has 1 amide bonds. The number of amides is 1. The molecule has 0 aliphatic carbocycles. The number of carbonyl (C=O) groups excluding carboxylic acids is 1. The number of ether oxygens (including phenoxy) is 1. The summed E-state index contributed by atoms with van der Waals surface area (Å²) < 4.78 is 6.04. The number of carbonyl (C=O) groups is 1. The van der Waals surface area contributed by atoms with E-state index < -0.39 is 0 Å². The van der Waals surface area contributed by atoms with Gasteiger partial charge in [0.1, 0.15) is 5.75 Å². The van der Waals surface area contributed by atoms with Crippen molar-refractivity contribution in [2.45, 2.75) is 27.3 Å². The van der Waals surface area contributed by atoms with Gasteiger partial charge in [0.25, 0.3) is 0 Å². The van der Waals surface area contributed by atoms with Crippen molar-refractivity contribution in [2.24, 2.45) is 5.41 Å². The van der Waals surface area contributed by atoms with Gasteiger partial charge < -0.3 is 10.1 Å². The first-order chi connectivity index (χ1) is 7.84. The molecule has 0 saturated heterocycles. The Kier molecular flexibility index (Phi) is 4.57. The SMILES string of the molecule is COc1ccc(CNC(=O)C(C)(C)C)cc1Br. The van der Waals surface area contributed by atoms with Crippen molar-refractivity contribution in [1.29, 1.82) is 0 Å². The molecule has 0 unspecified atom stereocenters. The minimum Gasteiger partial charge on any atom is -0.496 e. The zero-order valence-corrected chi connectivity index (χ0v) is 12.2. The Morgan fingerprint density at radius 1 is 1.41 bits per heavy atom.